The third-order valence-corrected chi connectivity index (χ3v) is 3.53. The van der Waals surface area contributed by atoms with Crippen molar-refractivity contribution in [3.05, 3.63) is 35.1 Å². The molecule has 0 aliphatic heterocycles. The van der Waals surface area contributed by atoms with Gasteiger partial charge in [-0.1, -0.05) is 12.1 Å². The molecule has 1 aromatic carbocycles. The molecule has 2 N–H and O–H groups in total. The fraction of sp³-hybridized carbons (Fsp3) is 0.538. The Labute approximate surface area is 89.5 Å². The zero-order valence-corrected chi connectivity index (χ0v) is 8.80. The van der Waals surface area contributed by atoms with Gasteiger partial charge < -0.3 is 5.73 Å². The molecule has 2 heteroatoms. The quantitative estimate of drug-likeness (QED) is 0.806. The molecule has 1 nitrogen and oxygen atoms in total. The van der Waals surface area contributed by atoms with Crippen molar-refractivity contribution in [1.29, 1.82) is 0 Å². The highest BCUT2D eigenvalue weighted by Gasteiger charge is 2.38. The second-order valence-corrected chi connectivity index (χ2v) is 5.17. The lowest BCUT2D eigenvalue weighted by Gasteiger charge is -2.09. The molecule has 0 radical (unpaired) electrons. The Kier molecular flexibility index (Phi) is 1.90. The van der Waals surface area contributed by atoms with Crippen LogP contribution < -0.4 is 5.73 Å². The van der Waals surface area contributed by atoms with E-state index in [9.17, 15) is 4.39 Å². The standard InChI is InChI=1S/C13H16FN/c14-12-7-9(8-13(15)5-6-13)1-4-11(12)10-2-3-10/h1,4,7,10H,2-3,5-6,8,15H2. The number of halogens is 1. The molecule has 0 spiro atoms. The Bertz CT molecular complexity index is 392. The van der Waals surface area contributed by atoms with Crippen molar-refractivity contribution in [1.82, 2.24) is 0 Å². The highest BCUT2D eigenvalue weighted by molar-refractivity contribution is 5.31. The van der Waals surface area contributed by atoms with Crippen molar-refractivity contribution in [2.45, 2.75) is 43.6 Å². The molecule has 2 fully saturated rings. The molecule has 2 aliphatic carbocycles. The Balaban J connectivity index is 1.81. The highest BCUT2D eigenvalue weighted by atomic mass is 19.1. The van der Waals surface area contributed by atoms with Gasteiger partial charge >= 0.3 is 0 Å². The van der Waals surface area contributed by atoms with Crippen LogP contribution in [0.3, 0.4) is 0 Å². The molecular weight excluding hydrogens is 189 g/mol. The Hall–Kier alpha value is -0.890. The summed E-state index contributed by atoms with van der Waals surface area (Å²) >= 11 is 0. The second kappa shape index (κ2) is 3.05. The summed E-state index contributed by atoms with van der Waals surface area (Å²) in [5.41, 5.74) is 7.95. The molecule has 0 aromatic heterocycles. The second-order valence-electron chi connectivity index (χ2n) is 5.17. The van der Waals surface area contributed by atoms with Crippen molar-refractivity contribution in [2.75, 3.05) is 0 Å². The van der Waals surface area contributed by atoms with E-state index in [4.69, 9.17) is 5.73 Å². The largest absolute Gasteiger partial charge is 0.325 e. The summed E-state index contributed by atoms with van der Waals surface area (Å²) in [4.78, 5) is 0. The molecule has 0 bridgehead atoms. The maximum Gasteiger partial charge on any atom is 0.126 e. The van der Waals surface area contributed by atoms with Gasteiger partial charge in [0.2, 0.25) is 0 Å². The first-order valence-corrected chi connectivity index (χ1v) is 5.74. The van der Waals surface area contributed by atoms with E-state index in [1.807, 2.05) is 12.1 Å². The van der Waals surface area contributed by atoms with Crippen molar-refractivity contribution in [3.63, 3.8) is 0 Å². The Morgan fingerprint density at radius 1 is 1.33 bits per heavy atom. The number of benzene rings is 1. The van der Waals surface area contributed by atoms with Crippen LogP contribution in [0.4, 0.5) is 4.39 Å². The maximum absolute atomic E-state index is 13.7. The fourth-order valence-corrected chi connectivity index (χ4v) is 2.15. The molecule has 1 aromatic rings. The van der Waals surface area contributed by atoms with Crippen LogP contribution in [0.25, 0.3) is 0 Å². The van der Waals surface area contributed by atoms with E-state index in [0.717, 1.165) is 43.2 Å². The minimum atomic E-state index is -0.0285. The third kappa shape index (κ3) is 1.91. The normalized spacial score (nSPS) is 22.8. The minimum Gasteiger partial charge on any atom is -0.325 e. The van der Waals surface area contributed by atoms with E-state index in [-0.39, 0.29) is 11.4 Å². The topological polar surface area (TPSA) is 26.0 Å². The van der Waals surface area contributed by atoms with Crippen LogP contribution >= 0.6 is 0 Å². The van der Waals surface area contributed by atoms with E-state index in [1.54, 1.807) is 6.07 Å². The predicted molar refractivity (Wildman–Crippen MR) is 58.2 cm³/mol. The van der Waals surface area contributed by atoms with Crippen LogP contribution in [0, 0.1) is 5.82 Å². The zero-order valence-electron chi connectivity index (χ0n) is 8.80. The van der Waals surface area contributed by atoms with E-state index < -0.39 is 0 Å². The summed E-state index contributed by atoms with van der Waals surface area (Å²) in [5, 5.41) is 0. The van der Waals surface area contributed by atoms with Crippen molar-refractivity contribution in [3.8, 4) is 0 Å². The van der Waals surface area contributed by atoms with Gasteiger partial charge in [-0.15, -0.1) is 0 Å². The molecule has 0 amide bonds. The molecule has 2 aliphatic rings. The first-order chi connectivity index (χ1) is 7.16. The first-order valence-electron chi connectivity index (χ1n) is 5.74. The van der Waals surface area contributed by atoms with E-state index >= 15 is 0 Å². The van der Waals surface area contributed by atoms with E-state index in [0.29, 0.717) is 5.92 Å². The third-order valence-electron chi connectivity index (χ3n) is 3.53. The lowest BCUT2D eigenvalue weighted by molar-refractivity contribution is 0.603. The molecule has 3 rings (SSSR count). The number of rotatable bonds is 3. The maximum atomic E-state index is 13.7. The summed E-state index contributed by atoms with van der Waals surface area (Å²) in [5.74, 6) is 0.464. The monoisotopic (exact) mass is 205 g/mol. The van der Waals surface area contributed by atoms with E-state index in [1.165, 1.54) is 0 Å². The van der Waals surface area contributed by atoms with Gasteiger partial charge in [0.05, 0.1) is 0 Å². The molecule has 0 heterocycles. The predicted octanol–water partition coefficient (Wildman–Crippen LogP) is 2.74. The summed E-state index contributed by atoms with van der Waals surface area (Å²) < 4.78 is 13.7. The SMILES string of the molecule is NC1(Cc2ccc(C3CC3)c(F)c2)CC1. The first kappa shape index (κ1) is 9.34. The van der Waals surface area contributed by atoms with Crippen LogP contribution in [-0.4, -0.2) is 5.54 Å². The van der Waals surface area contributed by atoms with Gasteiger partial charge in [0, 0.05) is 5.54 Å². The van der Waals surface area contributed by atoms with Crippen molar-refractivity contribution in [2.24, 2.45) is 5.73 Å². The number of hydrogen-bond acceptors (Lipinski definition) is 1. The summed E-state index contributed by atoms with van der Waals surface area (Å²) in [7, 11) is 0. The van der Waals surface area contributed by atoms with Gasteiger partial charge in [-0.3, -0.25) is 0 Å². The van der Waals surface area contributed by atoms with Crippen molar-refractivity contribution < 1.29 is 4.39 Å². The van der Waals surface area contributed by atoms with Gasteiger partial charge in [-0.2, -0.15) is 0 Å². The summed E-state index contributed by atoms with van der Waals surface area (Å²) in [6.07, 6.45) is 5.29. The van der Waals surface area contributed by atoms with E-state index in [2.05, 4.69) is 0 Å². The molecule has 2 saturated carbocycles. The van der Waals surface area contributed by atoms with Crippen molar-refractivity contribution >= 4 is 0 Å². The van der Waals surface area contributed by atoms with Gasteiger partial charge in [0.25, 0.3) is 0 Å². The number of nitrogens with two attached hydrogens (primary N) is 1. The fourth-order valence-electron chi connectivity index (χ4n) is 2.15. The summed E-state index contributed by atoms with van der Waals surface area (Å²) in [6, 6.07) is 5.68. The molecule has 0 unspecified atom stereocenters. The van der Waals surface area contributed by atoms with Gasteiger partial charge in [0.15, 0.2) is 0 Å². The zero-order chi connectivity index (χ0) is 10.5. The minimum absolute atomic E-state index is 0.0203. The van der Waals surface area contributed by atoms with Crippen LogP contribution in [0.5, 0.6) is 0 Å². The smallest absolute Gasteiger partial charge is 0.126 e. The Morgan fingerprint density at radius 3 is 2.60 bits per heavy atom. The van der Waals surface area contributed by atoms with Crippen LogP contribution in [0.15, 0.2) is 18.2 Å². The molecule has 15 heavy (non-hydrogen) atoms. The van der Waals surface area contributed by atoms with Gasteiger partial charge in [0.1, 0.15) is 5.82 Å². The van der Waals surface area contributed by atoms with Gasteiger partial charge in [-0.25, -0.2) is 4.39 Å². The van der Waals surface area contributed by atoms with Crippen LogP contribution in [-0.2, 0) is 6.42 Å². The molecular formula is C13H16FN. The Morgan fingerprint density at radius 2 is 2.07 bits per heavy atom. The van der Waals surface area contributed by atoms with Crippen LogP contribution in [0.2, 0.25) is 0 Å². The average Bonchev–Trinajstić information content (AvgIpc) is 3.03. The lowest BCUT2D eigenvalue weighted by Crippen LogP contribution is -2.24. The molecule has 80 valence electrons. The lowest BCUT2D eigenvalue weighted by atomic mass is 10.0. The average molecular weight is 205 g/mol. The van der Waals surface area contributed by atoms with Gasteiger partial charge in [-0.05, 0) is 55.2 Å². The molecule has 0 atom stereocenters. The number of hydrogen-bond donors (Lipinski definition) is 1. The summed E-state index contributed by atoms with van der Waals surface area (Å²) in [6.45, 7) is 0. The molecule has 0 saturated heterocycles. The highest BCUT2D eigenvalue weighted by Crippen LogP contribution is 2.42. The van der Waals surface area contributed by atoms with Crippen LogP contribution in [0.1, 0.15) is 42.7 Å².